The molecule has 24 heavy (non-hydrogen) atoms. The standard InChI is InChI=1S/C20H32N2O2/c1-16(2)9-13-22-14-10-18(11-15-22)20(23)21-12-8-17-4-6-19(24-3)7-5-17/h4-7,16,18H,8-15H2,1-3H3,(H,21,23). The number of carbonyl (C=O) groups excluding carboxylic acids is 1. The minimum Gasteiger partial charge on any atom is -0.497 e. The third-order valence-electron chi connectivity index (χ3n) is 4.85. The molecule has 1 aliphatic rings. The smallest absolute Gasteiger partial charge is 0.223 e. The van der Waals surface area contributed by atoms with Gasteiger partial charge >= 0.3 is 0 Å². The van der Waals surface area contributed by atoms with Gasteiger partial charge in [-0.15, -0.1) is 0 Å². The van der Waals surface area contributed by atoms with Crippen molar-refractivity contribution in [2.45, 2.75) is 39.5 Å². The second-order valence-electron chi connectivity index (χ2n) is 7.19. The van der Waals surface area contributed by atoms with E-state index in [0.29, 0.717) is 6.54 Å². The Bertz CT molecular complexity index is 491. The van der Waals surface area contributed by atoms with Crippen molar-refractivity contribution in [1.29, 1.82) is 0 Å². The molecule has 4 heteroatoms. The molecule has 0 unspecified atom stereocenters. The molecule has 1 amide bonds. The number of hydrogen-bond acceptors (Lipinski definition) is 3. The van der Waals surface area contributed by atoms with Crippen LogP contribution in [-0.4, -0.2) is 44.1 Å². The van der Waals surface area contributed by atoms with Gasteiger partial charge in [0.05, 0.1) is 7.11 Å². The summed E-state index contributed by atoms with van der Waals surface area (Å²) in [5.41, 5.74) is 1.22. The Balaban J connectivity index is 1.64. The summed E-state index contributed by atoms with van der Waals surface area (Å²) >= 11 is 0. The van der Waals surface area contributed by atoms with Gasteiger partial charge in [0.25, 0.3) is 0 Å². The van der Waals surface area contributed by atoms with E-state index in [-0.39, 0.29) is 11.8 Å². The summed E-state index contributed by atoms with van der Waals surface area (Å²) in [6.07, 6.45) is 4.10. The van der Waals surface area contributed by atoms with E-state index in [1.54, 1.807) is 7.11 Å². The molecule has 1 heterocycles. The van der Waals surface area contributed by atoms with E-state index >= 15 is 0 Å². The predicted octanol–water partition coefficient (Wildman–Crippen LogP) is 3.11. The fourth-order valence-electron chi connectivity index (χ4n) is 3.13. The molecule has 1 N–H and O–H groups in total. The van der Waals surface area contributed by atoms with E-state index in [1.807, 2.05) is 12.1 Å². The van der Waals surface area contributed by atoms with Crippen LogP contribution in [0.3, 0.4) is 0 Å². The first-order chi connectivity index (χ1) is 11.6. The number of amides is 1. The van der Waals surface area contributed by atoms with Gasteiger partial charge in [-0.25, -0.2) is 0 Å². The normalized spacial score (nSPS) is 16.3. The summed E-state index contributed by atoms with van der Waals surface area (Å²) in [7, 11) is 1.67. The summed E-state index contributed by atoms with van der Waals surface area (Å²) in [4.78, 5) is 14.8. The van der Waals surface area contributed by atoms with Gasteiger partial charge in [-0.3, -0.25) is 4.79 Å². The average Bonchev–Trinajstić information content (AvgIpc) is 2.61. The fourth-order valence-corrected chi connectivity index (χ4v) is 3.13. The first kappa shape index (κ1) is 18.8. The van der Waals surface area contributed by atoms with Crippen LogP contribution in [0.25, 0.3) is 0 Å². The van der Waals surface area contributed by atoms with E-state index in [1.165, 1.54) is 18.5 Å². The maximum atomic E-state index is 12.3. The number of methoxy groups -OCH3 is 1. The van der Waals surface area contributed by atoms with Crippen LogP contribution in [0.4, 0.5) is 0 Å². The monoisotopic (exact) mass is 332 g/mol. The number of nitrogens with one attached hydrogen (secondary N) is 1. The lowest BCUT2D eigenvalue weighted by Crippen LogP contribution is -2.41. The second kappa shape index (κ2) is 9.67. The van der Waals surface area contributed by atoms with Crippen molar-refractivity contribution in [3.63, 3.8) is 0 Å². The van der Waals surface area contributed by atoms with Crippen molar-refractivity contribution in [3.05, 3.63) is 29.8 Å². The molecule has 1 saturated heterocycles. The number of rotatable bonds is 8. The molecule has 0 radical (unpaired) electrons. The Hall–Kier alpha value is -1.55. The highest BCUT2D eigenvalue weighted by molar-refractivity contribution is 5.78. The SMILES string of the molecule is COc1ccc(CCNC(=O)C2CCN(CCC(C)C)CC2)cc1. The molecule has 1 aliphatic heterocycles. The highest BCUT2D eigenvalue weighted by Crippen LogP contribution is 2.18. The van der Waals surface area contributed by atoms with Crippen LogP contribution in [0, 0.1) is 11.8 Å². The molecule has 1 aromatic rings. The lowest BCUT2D eigenvalue weighted by atomic mass is 9.95. The van der Waals surface area contributed by atoms with E-state index in [4.69, 9.17) is 4.74 Å². The highest BCUT2D eigenvalue weighted by atomic mass is 16.5. The highest BCUT2D eigenvalue weighted by Gasteiger charge is 2.24. The maximum Gasteiger partial charge on any atom is 0.223 e. The number of hydrogen-bond donors (Lipinski definition) is 1. The maximum absolute atomic E-state index is 12.3. The zero-order valence-corrected chi connectivity index (χ0v) is 15.4. The average molecular weight is 332 g/mol. The minimum atomic E-state index is 0.191. The molecule has 2 rings (SSSR count). The van der Waals surface area contributed by atoms with Crippen LogP contribution in [0.5, 0.6) is 5.75 Å². The van der Waals surface area contributed by atoms with Crippen molar-refractivity contribution in [2.75, 3.05) is 33.3 Å². The van der Waals surface area contributed by atoms with Crippen LogP contribution >= 0.6 is 0 Å². The molecule has 1 fully saturated rings. The van der Waals surface area contributed by atoms with Gasteiger partial charge in [0.15, 0.2) is 0 Å². The van der Waals surface area contributed by atoms with Crippen molar-refractivity contribution >= 4 is 5.91 Å². The Morgan fingerprint density at radius 2 is 1.92 bits per heavy atom. The molecule has 0 aromatic heterocycles. The van der Waals surface area contributed by atoms with Crippen molar-refractivity contribution in [1.82, 2.24) is 10.2 Å². The summed E-state index contributed by atoms with van der Waals surface area (Å²) in [6, 6.07) is 8.03. The molecule has 134 valence electrons. The summed E-state index contributed by atoms with van der Waals surface area (Å²) < 4.78 is 5.16. The Morgan fingerprint density at radius 3 is 2.50 bits per heavy atom. The number of ether oxygens (including phenoxy) is 1. The molecule has 0 saturated carbocycles. The van der Waals surface area contributed by atoms with Gasteiger partial charge in [0.1, 0.15) is 5.75 Å². The Labute approximate surface area is 146 Å². The van der Waals surface area contributed by atoms with Gasteiger partial charge in [-0.1, -0.05) is 26.0 Å². The third-order valence-corrected chi connectivity index (χ3v) is 4.85. The third kappa shape index (κ3) is 6.16. The van der Waals surface area contributed by atoms with Crippen molar-refractivity contribution in [3.8, 4) is 5.75 Å². The van der Waals surface area contributed by atoms with Crippen LogP contribution in [0.1, 0.15) is 38.7 Å². The number of nitrogens with zero attached hydrogens (tertiary/aromatic N) is 1. The fraction of sp³-hybridized carbons (Fsp3) is 0.650. The van der Waals surface area contributed by atoms with Crippen molar-refractivity contribution < 1.29 is 9.53 Å². The summed E-state index contributed by atoms with van der Waals surface area (Å²) in [6.45, 7) is 8.53. The van der Waals surface area contributed by atoms with Gasteiger partial charge in [-0.2, -0.15) is 0 Å². The molecule has 0 aliphatic carbocycles. The van der Waals surface area contributed by atoms with Gasteiger partial charge in [0, 0.05) is 12.5 Å². The zero-order chi connectivity index (χ0) is 17.4. The number of carbonyl (C=O) groups is 1. The van der Waals surface area contributed by atoms with Gasteiger partial charge in [-0.05, 0) is 68.9 Å². The molecular formula is C20H32N2O2. The van der Waals surface area contributed by atoms with Gasteiger partial charge in [0.2, 0.25) is 5.91 Å². The van der Waals surface area contributed by atoms with Crippen LogP contribution in [-0.2, 0) is 11.2 Å². The van der Waals surface area contributed by atoms with E-state index < -0.39 is 0 Å². The first-order valence-electron chi connectivity index (χ1n) is 9.21. The van der Waals surface area contributed by atoms with Crippen LogP contribution < -0.4 is 10.1 Å². The zero-order valence-electron chi connectivity index (χ0n) is 15.4. The second-order valence-corrected chi connectivity index (χ2v) is 7.19. The van der Waals surface area contributed by atoms with Crippen LogP contribution in [0.2, 0.25) is 0 Å². The molecule has 0 bridgehead atoms. The van der Waals surface area contributed by atoms with E-state index in [9.17, 15) is 4.79 Å². The number of piperidine rings is 1. The van der Waals surface area contributed by atoms with Crippen molar-refractivity contribution in [2.24, 2.45) is 11.8 Å². The molecule has 0 atom stereocenters. The molecule has 4 nitrogen and oxygen atoms in total. The number of benzene rings is 1. The summed E-state index contributed by atoms with van der Waals surface area (Å²) in [5, 5.41) is 3.11. The van der Waals surface area contributed by atoms with Gasteiger partial charge < -0.3 is 15.0 Å². The predicted molar refractivity (Wildman–Crippen MR) is 98.3 cm³/mol. The minimum absolute atomic E-state index is 0.191. The lowest BCUT2D eigenvalue weighted by molar-refractivity contribution is -0.126. The Morgan fingerprint density at radius 1 is 1.25 bits per heavy atom. The van der Waals surface area contributed by atoms with E-state index in [2.05, 4.69) is 36.2 Å². The molecule has 1 aromatic carbocycles. The molecular weight excluding hydrogens is 300 g/mol. The Kier molecular flexibility index (Phi) is 7.57. The van der Waals surface area contributed by atoms with E-state index in [0.717, 1.165) is 44.0 Å². The lowest BCUT2D eigenvalue weighted by Gasteiger charge is -2.31. The number of likely N-dealkylation sites (tertiary alicyclic amines) is 1. The summed E-state index contributed by atoms with van der Waals surface area (Å²) in [5.74, 6) is 2.04. The quantitative estimate of drug-likeness (QED) is 0.795. The first-order valence-corrected chi connectivity index (χ1v) is 9.21. The topological polar surface area (TPSA) is 41.6 Å². The molecule has 0 spiro atoms. The van der Waals surface area contributed by atoms with Crippen LogP contribution in [0.15, 0.2) is 24.3 Å². The largest absolute Gasteiger partial charge is 0.497 e.